The van der Waals surface area contributed by atoms with Gasteiger partial charge < -0.3 is 9.32 Å². The van der Waals surface area contributed by atoms with Crippen molar-refractivity contribution in [3.8, 4) is 0 Å². The second-order valence-corrected chi connectivity index (χ2v) is 4.47. The predicted octanol–water partition coefficient (Wildman–Crippen LogP) is 2.08. The van der Waals surface area contributed by atoms with E-state index in [2.05, 4.69) is 4.90 Å². The molecule has 1 aliphatic carbocycles. The van der Waals surface area contributed by atoms with E-state index in [4.69, 9.17) is 4.42 Å². The number of anilines is 1. The number of hydrogen-bond acceptors (Lipinski definition) is 3. The van der Waals surface area contributed by atoms with Crippen LogP contribution in [0.5, 0.6) is 0 Å². The first kappa shape index (κ1) is 8.09. The summed E-state index contributed by atoms with van der Waals surface area (Å²) in [4.78, 5) is 12.7. The van der Waals surface area contributed by atoms with E-state index in [0.717, 1.165) is 25.3 Å². The van der Waals surface area contributed by atoms with Crippen LogP contribution in [0.15, 0.2) is 16.5 Å². The van der Waals surface area contributed by atoms with Crippen LogP contribution < -0.4 is 4.90 Å². The average molecular weight is 191 g/mol. The van der Waals surface area contributed by atoms with Gasteiger partial charge in [-0.25, -0.2) is 0 Å². The van der Waals surface area contributed by atoms with Crippen LogP contribution in [-0.2, 0) is 0 Å². The fourth-order valence-corrected chi connectivity index (χ4v) is 2.28. The van der Waals surface area contributed by atoms with Crippen molar-refractivity contribution >= 4 is 12.2 Å². The molecule has 3 nitrogen and oxygen atoms in total. The summed E-state index contributed by atoms with van der Waals surface area (Å²) in [6.45, 7) is 2.19. The highest BCUT2D eigenvalue weighted by atomic mass is 16.4. The minimum Gasteiger partial charge on any atom is -0.438 e. The summed E-state index contributed by atoms with van der Waals surface area (Å²) in [5.74, 6) is 1.28. The maximum absolute atomic E-state index is 10.5. The molecule has 2 aliphatic rings. The van der Waals surface area contributed by atoms with Crippen LogP contribution in [-0.4, -0.2) is 19.4 Å². The highest BCUT2D eigenvalue weighted by Gasteiger charge is 2.48. The lowest BCUT2D eigenvalue weighted by Gasteiger charge is -2.14. The standard InChI is InChI=1S/C11H13NO2/c13-7-9-1-2-10(14-9)12-6-5-11(8-12)3-4-11/h1-2,7H,3-6,8H2. The number of nitrogens with zero attached hydrogens (tertiary/aromatic N) is 1. The third kappa shape index (κ3) is 1.15. The van der Waals surface area contributed by atoms with E-state index in [-0.39, 0.29) is 0 Å². The van der Waals surface area contributed by atoms with Crippen LogP contribution in [0.2, 0.25) is 0 Å². The van der Waals surface area contributed by atoms with Gasteiger partial charge in [-0.3, -0.25) is 4.79 Å². The van der Waals surface area contributed by atoms with E-state index in [1.54, 1.807) is 6.07 Å². The lowest BCUT2D eigenvalue weighted by Crippen LogP contribution is -2.19. The van der Waals surface area contributed by atoms with Crippen molar-refractivity contribution in [3.05, 3.63) is 17.9 Å². The predicted molar refractivity (Wildman–Crippen MR) is 52.6 cm³/mol. The molecule has 74 valence electrons. The normalized spacial score (nSPS) is 23.0. The Labute approximate surface area is 82.7 Å². The van der Waals surface area contributed by atoms with Gasteiger partial charge in [-0.15, -0.1) is 0 Å². The minimum absolute atomic E-state index is 0.428. The van der Waals surface area contributed by atoms with E-state index in [9.17, 15) is 4.79 Å². The van der Waals surface area contributed by atoms with E-state index < -0.39 is 0 Å². The molecule has 1 spiro atoms. The number of hydrogen-bond donors (Lipinski definition) is 0. The maximum atomic E-state index is 10.5. The van der Waals surface area contributed by atoms with Gasteiger partial charge in [0.15, 0.2) is 17.9 Å². The zero-order valence-electron chi connectivity index (χ0n) is 8.03. The zero-order valence-corrected chi connectivity index (χ0v) is 8.03. The smallest absolute Gasteiger partial charge is 0.196 e. The Morgan fingerprint density at radius 1 is 1.36 bits per heavy atom. The van der Waals surface area contributed by atoms with Crippen molar-refractivity contribution in [1.29, 1.82) is 0 Å². The molecule has 3 rings (SSSR count). The number of rotatable bonds is 2. The summed E-state index contributed by atoms with van der Waals surface area (Å²) in [6.07, 6.45) is 4.77. The summed E-state index contributed by atoms with van der Waals surface area (Å²) in [5, 5.41) is 0. The molecule has 1 saturated carbocycles. The molecule has 1 aliphatic heterocycles. The van der Waals surface area contributed by atoms with Crippen molar-refractivity contribution in [2.24, 2.45) is 5.41 Å². The minimum atomic E-state index is 0.428. The van der Waals surface area contributed by atoms with Gasteiger partial charge in [-0.2, -0.15) is 0 Å². The average Bonchev–Trinajstić information content (AvgIpc) is 2.67. The lowest BCUT2D eigenvalue weighted by atomic mass is 10.1. The molecular weight excluding hydrogens is 178 g/mol. The first-order valence-electron chi connectivity index (χ1n) is 5.11. The van der Waals surface area contributed by atoms with Gasteiger partial charge in [0.1, 0.15) is 0 Å². The van der Waals surface area contributed by atoms with Gasteiger partial charge in [-0.05, 0) is 30.7 Å². The second-order valence-electron chi connectivity index (χ2n) is 4.47. The molecule has 1 aromatic heterocycles. The molecule has 0 bridgehead atoms. The summed E-state index contributed by atoms with van der Waals surface area (Å²) < 4.78 is 5.40. The molecule has 0 unspecified atom stereocenters. The van der Waals surface area contributed by atoms with Gasteiger partial charge in [0.2, 0.25) is 0 Å². The molecule has 3 heteroatoms. The number of carbonyl (C=O) groups is 1. The quantitative estimate of drug-likeness (QED) is 0.671. The lowest BCUT2D eigenvalue weighted by molar-refractivity contribution is 0.110. The van der Waals surface area contributed by atoms with Crippen LogP contribution in [0.25, 0.3) is 0 Å². The van der Waals surface area contributed by atoms with E-state index in [1.165, 1.54) is 19.3 Å². The molecule has 0 atom stereocenters. The highest BCUT2D eigenvalue weighted by Crippen LogP contribution is 2.53. The van der Waals surface area contributed by atoms with Gasteiger partial charge >= 0.3 is 0 Å². The molecule has 2 heterocycles. The van der Waals surface area contributed by atoms with Crippen molar-refractivity contribution in [2.45, 2.75) is 19.3 Å². The van der Waals surface area contributed by atoms with Crippen LogP contribution in [0.1, 0.15) is 29.8 Å². The first-order chi connectivity index (χ1) is 6.81. The van der Waals surface area contributed by atoms with Gasteiger partial charge in [0.05, 0.1) is 0 Å². The topological polar surface area (TPSA) is 33.5 Å². The van der Waals surface area contributed by atoms with Crippen molar-refractivity contribution in [3.63, 3.8) is 0 Å². The van der Waals surface area contributed by atoms with Crippen molar-refractivity contribution in [2.75, 3.05) is 18.0 Å². The third-order valence-corrected chi connectivity index (χ3v) is 3.44. The van der Waals surface area contributed by atoms with Crippen molar-refractivity contribution < 1.29 is 9.21 Å². The van der Waals surface area contributed by atoms with Crippen molar-refractivity contribution in [1.82, 2.24) is 0 Å². The Hall–Kier alpha value is -1.25. The molecule has 1 saturated heterocycles. The fraction of sp³-hybridized carbons (Fsp3) is 0.545. The Morgan fingerprint density at radius 2 is 2.21 bits per heavy atom. The third-order valence-electron chi connectivity index (χ3n) is 3.44. The van der Waals surface area contributed by atoms with E-state index in [0.29, 0.717) is 11.2 Å². The number of carbonyl (C=O) groups excluding carboxylic acids is 1. The van der Waals surface area contributed by atoms with Crippen LogP contribution in [0.4, 0.5) is 5.88 Å². The van der Waals surface area contributed by atoms with E-state index in [1.807, 2.05) is 6.07 Å². The Bertz CT molecular complexity index is 365. The SMILES string of the molecule is O=Cc1ccc(N2CCC3(CC3)C2)o1. The zero-order chi connectivity index (χ0) is 9.60. The molecule has 0 radical (unpaired) electrons. The fourth-order valence-electron chi connectivity index (χ4n) is 2.28. The van der Waals surface area contributed by atoms with Crippen LogP contribution in [0.3, 0.4) is 0 Å². The van der Waals surface area contributed by atoms with Crippen LogP contribution in [0, 0.1) is 5.41 Å². The number of furan rings is 1. The van der Waals surface area contributed by atoms with Gasteiger partial charge in [0, 0.05) is 19.2 Å². The Kier molecular flexibility index (Phi) is 1.52. The van der Waals surface area contributed by atoms with E-state index >= 15 is 0 Å². The maximum Gasteiger partial charge on any atom is 0.196 e. The summed E-state index contributed by atoms with van der Waals surface area (Å²) >= 11 is 0. The summed E-state index contributed by atoms with van der Waals surface area (Å²) in [7, 11) is 0. The largest absolute Gasteiger partial charge is 0.438 e. The summed E-state index contributed by atoms with van der Waals surface area (Å²) in [5.41, 5.74) is 0.605. The second kappa shape index (κ2) is 2.62. The highest BCUT2D eigenvalue weighted by molar-refractivity contribution is 5.71. The summed E-state index contributed by atoms with van der Waals surface area (Å²) in [6, 6.07) is 3.63. The Morgan fingerprint density at radius 3 is 2.79 bits per heavy atom. The van der Waals surface area contributed by atoms with Gasteiger partial charge in [-0.1, -0.05) is 0 Å². The Balaban J connectivity index is 1.79. The molecule has 14 heavy (non-hydrogen) atoms. The molecule has 0 N–H and O–H groups in total. The first-order valence-corrected chi connectivity index (χ1v) is 5.11. The van der Waals surface area contributed by atoms with Gasteiger partial charge in [0.25, 0.3) is 0 Å². The molecular formula is C11H13NO2. The molecule has 0 aromatic carbocycles. The van der Waals surface area contributed by atoms with Crippen LogP contribution >= 0.6 is 0 Å². The monoisotopic (exact) mass is 191 g/mol. The number of aldehydes is 1. The molecule has 2 fully saturated rings. The molecule has 0 amide bonds. The molecule has 1 aromatic rings.